The summed E-state index contributed by atoms with van der Waals surface area (Å²) in [6.45, 7) is 12.5. The molecule has 0 amide bonds. The monoisotopic (exact) mass is 170 g/mol. The molecule has 1 saturated heterocycles. The lowest BCUT2D eigenvalue weighted by Gasteiger charge is -2.24. The van der Waals surface area contributed by atoms with E-state index in [9.17, 15) is 0 Å². The SMILES string of the molecule is CC1CNCC1CNC(C)(C)C. The third-order valence-electron chi connectivity index (χ3n) is 2.57. The lowest BCUT2D eigenvalue weighted by molar-refractivity contribution is 0.347. The molecule has 2 nitrogen and oxygen atoms in total. The molecule has 0 aliphatic carbocycles. The van der Waals surface area contributed by atoms with Gasteiger partial charge in [-0.3, -0.25) is 0 Å². The molecule has 2 unspecified atom stereocenters. The van der Waals surface area contributed by atoms with Crippen LogP contribution in [-0.4, -0.2) is 25.2 Å². The second-order valence-corrected chi connectivity index (χ2v) is 5.03. The molecule has 0 aromatic rings. The normalized spacial score (nSPS) is 31.0. The van der Waals surface area contributed by atoms with Crippen LogP contribution in [0.3, 0.4) is 0 Å². The van der Waals surface area contributed by atoms with Crippen molar-refractivity contribution in [3.8, 4) is 0 Å². The maximum absolute atomic E-state index is 3.55. The van der Waals surface area contributed by atoms with Gasteiger partial charge in [-0.15, -0.1) is 0 Å². The van der Waals surface area contributed by atoms with Gasteiger partial charge in [0.15, 0.2) is 0 Å². The lowest BCUT2D eigenvalue weighted by Crippen LogP contribution is -2.40. The molecular formula is C10H22N2. The molecule has 1 fully saturated rings. The predicted octanol–water partition coefficient (Wildman–Crippen LogP) is 1.23. The molecule has 72 valence electrons. The lowest BCUT2D eigenvalue weighted by atomic mass is 9.97. The summed E-state index contributed by atoms with van der Waals surface area (Å²) in [6, 6.07) is 0. The predicted molar refractivity (Wildman–Crippen MR) is 53.3 cm³/mol. The van der Waals surface area contributed by atoms with Crippen molar-refractivity contribution in [3.05, 3.63) is 0 Å². The third kappa shape index (κ3) is 3.11. The number of hydrogen-bond acceptors (Lipinski definition) is 2. The van der Waals surface area contributed by atoms with Crippen molar-refractivity contribution in [1.82, 2.24) is 10.6 Å². The fraction of sp³-hybridized carbons (Fsp3) is 1.00. The fourth-order valence-corrected chi connectivity index (χ4v) is 1.57. The van der Waals surface area contributed by atoms with Gasteiger partial charge in [0.1, 0.15) is 0 Å². The molecule has 0 aromatic heterocycles. The molecule has 1 rings (SSSR count). The fourth-order valence-electron chi connectivity index (χ4n) is 1.57. The van der Waals surface area contributed by atoms with E-state index in [1.807, 2.05) is 0 Å². The minimum absolute atomic E-state index is 0.266. The Bertz CT molecular complexity index is 137. The van der Waals surface area contributed by atoms with Crippen molar-refractivity contribution in [1.29, 1.82) is 0 Å². The highest BCUT2D eigenvalue weighted by molar-refractivity contribution is 4.82. The number of hydrogen-bond donors (Lipinski definition) is 2. The largest absolute Gasteiger partial charge is 0.316 e. The van der Waals surface area contributed by atoms with Crippen LogP contribution in [0.25, 0.3) is 0 Å². The summed E-state index contributed by atoms with van der Waals surface area (Å²) in [6.07, 6.45) is 0. The maximum atomic E-state index is 3.55. The van der Waals surface area contributed by atoms with Gasteiger partial charge in [0.25, 0.3) is 0 Å². The average Bonchev–Trinajstić information content (AvgIpc) is 2.29. The molecule has 2 heteroatoms. The summed E-state index contributed by atoms with van der Waals surface area (Å²) in [5.74, 6) is 1.66. The Morgan fingerprint density at radius 2 is 2.00 bits per heavy atom. The van der Waals surface area contributed by atoms with Crippen LogP contribution < -0.4 is 10.6 Å². The topological polar surface area (TPSA) is 24.1 Å². The standard InChI is InChI=1S/C10H22N2/c1-8-5-11-6-9(8)7-12-10(2,3)4/h8-9,11-12H,5-7H2,1-4H3. The first-order valence-electron chi connectivity index (χ1n) is 4.95. The van der Waals surface area contributed by atoms with Gasteiger partial charge >= 0.3 is 0 Å². The van der Waals surface area contributed by atoms with Gasteiger partial charge in [-0.1, -0.05) is 6.92 Å². The molecule has 0 bridgehead atoms. The van der Waals surface area contributed by atoms with E-state index in [1.54, 1.807) is 0 Å². The van der Waals surface area contributed by atoms with Crippen LogP contribution in [0.4, 0.5) is 0 Å². The van der Waals surface area contributed by atoms with Gasteiger partial charge in [0.05, 0.1) is 0 Å². The highest BCUT2D eigenvalue weighted by Crippen LogP contribution is 2.15. The van der Waals surface area contributed by atoms with E-state index in [0.29, 0.717) is 0 Å². The molecule has 12 heavy (non-hydrogen) atoms. The molecular weight excluding hydrogens is 148 g/mol. The van der Waals surface area contributed by atoms with Crippen molar-refractivity contribution in [3.63, 3.8) is 0 Å². The van der Waals surface area contributed by atoms with E-state index in [4.69, 9.17) is 0 Å². The Balaban J connectivity index is 2.23. The van der Waals surface area contributed by atoms with Crippen LogP contribution >= 0.6 is 0 Å². The molecule has 1 aliphatic heterocycles. The van der Waals surface area contributed by atoms with Gasteiger partial charge in [0.2, 0.25) is 0 Å². The van der Waals surface area contributed by atoms with Crippen molar-refractivity contribution in [2.24, 2.45) is 11.8 Å². The summed E-state index contributed by atoms with van der Waals surface area (Å²) < 4.78 is 0. The molecule has 2 atom stereocenters. The summed E-state index contributed by atoms with van der Waals surface area (Å²) in [5, 5.41) is 6.97. The summed E-state index contributed by atoms with van der Waals surface area (Å²) in [5.41, 5.74) is 0.266. The highest BCUT2D eigenvalue weighted by Gasteiger charge is 2.23. The van der Waals surface area contributed by atoms with Crippen LogP contribution in [0.2, 0.25) is 0 Å². The zero-order chi connectivity index (χ0) is 9.19. The Kier molecular flexibility index (Phi) is 3.13. The molecule has 1 aliphatic rings. The first kappa shape index (κ1) is 10.0. The van der Waals surface area contributed by atoms with Gasteiger partial charge in [-0.25, -0.2) is 0 Å². The molecule has 0 spiro atoms. The van der Waals surface area contributed by atoms with E-state index >= 15 is 0 Å². The summed E-state index contributed by atoms with van der Waals surface area (Å²) in [4.78, 5) is 0. The Hall–Kier alpha value is -0.0800. The van der Waals surface area contributed by atoms with Crippen LogP contribution in [0.15, 0.2) is 0 Å². The summed E-state index contributed by atoms with van der Waals surface area (Å²) in [7, 11) is 0. The van der Waals surface area contributed by atoms with E-state index < -0.39 is 0 Å². The zero-order valence-corrected chi connectivity index (χ0v) is 8.78. The Morgan fingerprint density at radius 3 is 2.42 bits per heavy atom. The minimum atomic E-state index is 0.266. The van der Waals surface area contributed by atoms with Crippen molar-refractivity contribution >= 4 is 0 Å². The van der Waals surface area contributed by atoms with Crippen molar-refractivity contribution in [2.75, 3.05) is 19.6 Å². The van der Waals surface area contributed by atoms with E-state index in [0.717, 1.165) is 18.4 Å². The van der Waals surface area contributed by atoms with Crippen LogP contribution in [0, 0.1) is 11.8 Å². The average molecular weight is 170 g/mol. The first-order chi connectivity index (χ1) is 5.49. The minimum Gasteiger partial charge on any atom is -0.316 e. The third-order valence-corrected chi connectivity index (χ3v) is 2.57. The smallest absolute Gasteiger partial charge is 0.00966 e. The summed E-state index contributed by atoms with van der Waals surface area (Å²) >= 11 is 0. The van der Waals surface area contributed by atoms with E-state index in [1.165, 1.54) is 13.1 Å². The Labute approximate surface area is 76.1 Å². The Morgan fingerprint density at radius 1 is 1.33 bits per heavy atom. The van der Waals surface area contributed by atoms with Crippen molar-refractivity contribution < 1.29 is 0 Å². The molecule has 2 N–H and O–H groups in total. The number of nitrogens with one attached hydrogen (secondary N) is 2. The van der Waals surface area contributed by atoms with Gasteiger partial charge in [-0.2, -0.15) is 0 Å². The van der Waals surface area contributed by atoms with Crippen LogP contribution in [-0.2, 0) is 0 Å². The molecule has 0 saturated carbocycles. The zero-order valence-electron chi connectivity index (χ0n) is 8.78. The molecule has 0 radical (unpaired) electrons. The first-order valence-corrected chi connectivity index (χ1v) is 4.95. The number of rotatable bonds is 2. The molecule has 1 heterocycles. The molecule has 0 aromatic carbocycles. The second kappa shape index (κ2) is 3.75. The van der Waals surface area contributed by atoms with E-state index in [-0.39, 0.29) is 5.54 Å². The van der Waals surface area contributed by atoms with E-state index in [2.05, 4.69) is 38.3 Å². The second-order valence-electron chi connectivity index (χ2n) is 5.03. The maximum Gasteiger partial charge on any atom is 0.00966 e. The van der Waals surface area contributed by atoms with Gasteiger partial charge in [0, 0.05) is 5.54 Å². The van der Waals surface area contributed by atoms with Gasteiger partial charge in [-0.05, 0) is 52.2 Å². The van der Waals surface area contributed by atoms with Gasteiger partial charge < -0.3 is 10.6 Å². The van der Waals surface area contributed by atoms with Crippen molar-refractivity contribution in [2.45, 2.75) is 33.2 Å². The van der Waals surface area contributed by atoms with Crippen LogP contribution in [0.1, 0.15) is 27.7 Å². The quantitative estimate of drug-likeness (QED) is 0.651. The highest BCUT2D eigenvalue weighted by atomic mass is 15.0. The van der Waals surface area contributed by atoms with Crippen LogP contribution in [0.5, 0.6) is 0 Å².